The zero-order valence-electron chi connectivity index (χ0n) is 11.4. The Morgan fingerprint density at radius 1 is 1.16 bits per heavy atom. The molecule has 0 heterocycles. The molecule has 0 aliphatic heterocycles. The molecule has 0 unspecified atom stereocenters. The van der Waals surface area contributed by atoms with Gasteiger partial charge in [0.1, 0.15) is 0 Å². The molecule has 0 amide bonds. The van der Waals surface area contributed by atoms with E-state index < -0.39 is 0 Å². The number of carbonyl (C=O) groups is 1. The molecule has 0 aliphatic carbocycles. The maximum atomic E-state index is 11.1. The highest BCUT2D eigenvalue weighted by Crippen LogP contribution is 1.90. The summed E-state index contributed by atoms with van der Waals surface area (Å²) in [6, 6.07) is 0. The summed E-state index contributed by atoms with van der Waals surface area (Å²) in [7, 11) is 0. The van der Waals surface area contributed by atoms with Gasteiger partial charge in [0.25, 0.3) is 0 Å². The Labute approximate surface area is 115 Å². The monoisotopic (exact) mass is 256 g/mol. The first kappa shape index (κ1) is 17.0. The van der Waals surface area contributed by atoms with E-state index >= 15 is 0 Å². The van der Waals surface area contributed by atoms with Crippen molar-refractivity contribution in [3.63, 3.8) is 0 Å². The molecule has 0 aromatic heterocycles. The quantitative estimate of drug-likeness (QED) is 0.329. The lowest BCUT2D eigenvalue weighted by Gasteiger charge is -1.85. The smallest absolute Gasteiger partial charge is 0.155 e. The van der Waals surface area contributed by atoms with Crippen LogP contribution in [0, 0.1) is 23.7 Å². The summed E-state index contributed by atoms with van der Waals surface area (Å²) in [5.41, 5.74) is 0. The largest absolute Gasteiger partial charge is 0.396 e. The van der Waals surface area contributed by atoms with E-state index in [1.807, 2.05) is 13.0 Å². The van der Waals surface area contributed by atoms with Gasteiger partial charge in [-0.25, -0.2) is 0 Å². The Morgan fingerprint density at radius 3 is 2.68 bits per heavy atom. The minimum atomic E-state index is 0.147. The molecule has 0 bridgehead atoms. The number of hydrogen-bond acceptors (Lipinski definition) is 2. The SMILES string of the molecule is CCCC(=O)/C=C/C=C/C=C/C#CC#CCCCO. The maximum absolute atomic E-state index is 11.1. The molecule has 2 heteroatoms. The van der Waals surface area contributed by atoms with Crippen LogP contribution in [0.3, 0.4) is 0 Å². The predicted octanol–water partition coefficient (Wildman–Crippen LogP) is 2.80. The molecule has 0 aromatic rings. The van der Waals surface area contributed by atoms with Crippen LogP contribution in [0.2, 0.25) is 0 Å². The van der Waals surface area contributed by atoms with Crippen molar-refractivity contribution in [3.8, 4) is 23.7 Å². The van der Waals surface area contributed by atoms with Gasteiger partial charge in [-0.2, -0.15) is 0 Å². The van der Waals surface area contributed by atoms with Gasteiger partial charge in [-0.05, 0) is 36.8 Å². The molecular weight excluding hydrogens is 236 g/mol. The molecule has 2 nitrogen and oxygen atoms in total. The number of ketones is 1. The number of aliphatic hydroxyl groups excluding tert-OH is 1. The normalized spacial score (nSPS) is 10.4. The average molecular weight is 256 g/mol. The topological polar surface area (TPSA) is 37.3 Å². The van der Waals surface area contributed by atoms with Gasteiger partial charge >= 0.3 is 0 Å². The third-order valence-electron chi connectivity index (χ3n) is 1.97. The first-order chi connectivity index (χ1) is 9.31. The molecule has 1 N–H and O–H groups in total. The molecule has 0 aromatic carbocycles. The van der Waals surface area contributed by atoms with Crippen molar-refractivity contribution in [2.45, 2.75) is 32.6 Å². The molecule has 100 valence electrons. The second kappa shape index (κ2) is 14.0. The Morgan fingerprint density at radius 2 is 1.95 bits per heavy atom. The minimum absolute atomic E-state index is 0.147. The van der Waals surface area contributed by atoms with Crippen molar-refractivity contribution in [3.05, 3.63) is 36.5 Å². The van der Waals surface area contributed by atoms with E-state index in [9.17, 15) is 4.79 Å². The highest BCUT2D eigenvalue weighted by atomic mass is 16.2. The fourth-order valence-corrected chi connectivity index (χ4v) is 1.08. The molecule has 0 radical (unpaired) electrons. The van der Waals surface area contributed by atoms with Crippen molar-refractivity contribution in [1.29, 1.82) is 0 Å². The molecule has 19 heavy (non-hydrogen) atoms. The van der Waals surface area contributed by atoms with E-state index in [0.717, 1.165) is 6.42 Å². The van der Waals surface area contributed by atoms with Crippen LogP contribution in [0.15, 0.2) is 36.5 Å². The van der Waals surface area contributed by atoms with Crippen molar-refractivity contribution >= 4 is 5.78 Å². The van der Waals surface area contributed by atoms with Crippen molar-refractivity contribution in [1.82, 2.24) is 0 Å². The third-order valence-corrected chi connectivity index (χ3v) is 1.97. The van der Waals surface area contributed by atoms with Crippen LogP contribution in [0.5, 0.6) is 0 Å². The van der Waals surface area contributed by atoms with Gasteiger partial charge in [0, 0.05) is 19.4 Å². The second-order valence-corrected chi connectivity index (χ2v) is 3.72. The molecule has 0 saturated heterocycles. The second-order valence-electron chi connectivity index (χ2n) is 3.72. The predicted molar refractivity (Wildman–Crippen MR) is 79.2 cm³/mol. The fourth-order valence-electron chi connectivity index (χ4n) is 1.08. The fraction of sp³-hybridized carbons (Fsp3) is 0.353. The summed E-state index contributed by atoms with van der Waals surface area (Å²) in [4.78, 5) is 11.1. The standard InChI is InChI=1S/C17H20O2/c1-2-14-17(19)15-12-10-8-6-4-3-5-7-9-11-13-16-18/h4,6,8,10,12,15,18H,2,11,13-14,16H2,1H3/b6-4+,10-8+,15-12+. The van der Waals surface area contributed by atoms with E-state index in [4.69, 9.17) is 5.11 Å². The van der Waals surface area contributed by atoms with Crippen LogP contribution in [-0.4, -0.2) is 17.5 Å². The number of allylic oxidation sites excluding steroid dienone is 6. The summed E-state index contributed by atoms with van der Waals surface area (Å²) in [6.07, 6.45) is 13.2. The summed E-state index contributed by atoms with van der Waals surface area (Å²) in [6.45, 7) is 2.15. The third kappa shape index (κ3) is 13.9. The van der Waals surface area contributed by atoms with Crippen LogP contribution in [-0.2, 0) is 4.79 Å². The van der Waals surface area contributed by atoms with Crippen LogP contribution < -0.4 is 0 Å². The van der Waals surface area contributed by atoms with Gasteiger partial charge in [0.2, 0.25) is 0 Å². The van der Waals surface area contributed by atoms with Gasteiger partial charge in [-0.15, -0.1) is 0 Å². The number of aliphatic hydroxyl groups is 1. The minimum Gasteiger partial charge on any atom is -0.396 e. The number of hydrogen-bond donors (Lipinski definition) is 1. The highest BCUT2D eigenvalue weighted by Gasteiger charge is 1.89. The van der Waals surface area contributed by atoms with Gasteiger partial charge < -0.3 is 5.11 Å². The number of carbonyl (C=O) groups excluding carboxylic acids is 1. The summed E-state index contributed by atoms with van der Waals surface area (Å²) < 4.78 is 0. The molecule has 0 spiro atoms. The first-order valence-corrected chi connectivity index (χ1v) is 6.43. The average Bonchev–Trinajstić information content (AvgIpc) is 2.40. The summed E-state index contributed by atoms with van der Waals surface area (Å²) in [5, 5.41) is 8.52. The lowest BCUT2D eigenvalue weighted by Crippen LogP contribution is -1.88. The van der Waals surface area contributed by atoms with Gasteiger partial charge in [0.15, 0.2) is 5.78 Å². The van der Waals surface area contributed by atoms with Crippen LogP contribution >= 0.6 is 0 Å². The molecule has 0 fully saturated rings. The Bertz CT molecular complexity index is 445. The maximum Gasteiger partial charge on any atom is 0.155 e. The number of rotatable bonds is 7. The molecule has 0 atom stereocenters. The lowest BCUT2D eigenvalue weighted by atomic mass is 10.2. The van der Waals surface area contributed by atoms with Gasteiger partial charge in [-0.3, -0.25) is 4.79 Å². The zero-order valence-corrected chi connectivity index (χ0v) is 11.4. The van der Waals surface area contributed by atoms with E-state index in [1.54, 1.807) is 30.4 Å². The van der Waals surface area contributed by atoms with Crippen LogP contribution in [0.1, 0.15) is 32.6 Å². The molecular formula is C17H20O2. The zero-order chi connectivity index (χ0) is 14.2. The van der Waals surface area contributed by atoms with E-state index in [1.165, 1.54) is 0 Å². The Hall–Kier alpha value is -2.03. The van der Waals surface area contributed by atoms with Crippen molar-refractivity contribution in [2.75, 3.05) is 6.61 Å². The van der Waals surface area contributed by atoms with E-state index in [2.05, 4.69) is 23.7 Å². The Balaban J connectivity index is 3.86. The van der Waals surface area contributed by atoms with Crippen molar-refractivity contribution in [2.24, 2.45) is 0 Å². The Kier molecular flexibility index (Phi) is 12.5. The highest BCUT2D eigenvalue weighted by molar-refractivity contribution is 5.89. The van der Waals surface area contributed by atoms with E-state index in [0.29, 0.717) is 19.3 Å². The van der Waals surface area contributed by atoms with Gasteiger partial charge in [-0.1, -0.05) is 43.1 Å². The summed E-state index contributed by atoms with van der Waals surface area (Å²) >= 11 is 0. The van der Waals surface area contributed by atoms with Gasteiger partial charge in [0.05, 0.1) is 0 Å². The van der Waals surface area contributed by atoms with E-state index in [-0.39, 0.29) is 12.4 Å². The lowest BCUT2D eigenvalue weighted by molar-refractivity contribution is -0.114. The van der Waals surface area contributed by atoms with Crippen molar-refractivity contribution < 1.29 is 9.90 Å². The summed E-state index contributed by atoms with van der Waals surface area (Å²) in [5.74, 6) is 11.1. The molecule has 0 aliphatic rings. The van der Waals surface area contributed by atoms with Crippen LogP contribution in [0.25, 0.3) is 0 Å². The molecule has 0 rings (SSSR count). The molecule has 0 saturated carbocycles. The van der Waals surface area contributed by atoms with Crippen LogP contribution in [0.4, 0.5) is 0 Å². The first-order valence-electron chi connectivity index (χ1n) is 6.43. The number of unbranched alkanes of at least 4 members (excludes halogenated alkanes) is 1.